The second-order valence-electron chi connectivity index (χ2n) is 5.50. The molecule has 2 aromatic rings. The summed E-state index contributed by atoms with van der Waals surface area (Å²) in [6.07, 6.45) is 6.57. The normalized spacial score (nSPS) is 16.2. The fraction of sp³-hybridized carbons (Fsp3) is 0.375. The van der Waals surface area contributed by atoms with Gasteiger partial charge in [0.15, 0.2) is 0 Å². The summed E-state index contributed by atoms with van der Waals surface area (Å²) in [5.41, 5.74) is 9.12. The molecule has 2 N–H and O–H groups in total. The van der Waals surface area contributed by atoms with Gasteiger partial charge in [-0.05, 0) is 30.9 Å². The van der Waals surface area contributed by atoms with Crippen molar-refractivity contribution in [2.75, 3.05) is 11.4 Å². The van der Waals surface area contributed by atoms with E-state index in [4.69, 9.17) is 5.73 Å². The molecule has 1 aromatic carbocycles. The highest BCUT2D eigenvalue weighted by atomic mass is 16.2. The van der Waals surface area contributed by atoms with Crippen molar-refractivity contribution in [3.05, 3.63) is 47.8 Å². The van der Waals surface area contributed by atoms with E-state index in [1.165, 1.54) is 5.56 Å². The van der Waals surface area contributed by atoms with Gasteiger partial charge in [-0.15, -0.1) is 0 Å². The molecule has 1 unspecified atom stereocenters. The van der Waals surface area contributed by atoms with E-state index in [1.807, 2.05) is 30.1 Å². The van der Waals surface area contributed by atoms with Crippen molar-refractivity contribution >= 4 is 11.6 Å². The predicted octanol–water partition coefficient (Wildman–Crippen LogP) is 1.79. The van der Waals surface area contributed by atoms with Crippen LogP contribution in [0.2, 0.25) is 0 Å². The Balaban J connectivity index is 1.90. The van der Waals surface area contributed by atoms with E-state index >= 15 is 0 Å². The molecule has 0 radical (unpaired) electrons. The van der Waals surface area contributed by atoms with Crippen molar-refractivity contribution in [2.45, 2.75) is 25.3 Å². The topological polar surface area (TPSA) is 64.2 Å². The summed E-state index contributed by atoms with van der Waals surface area (Å²) < 4.78 is 1.67. The number of anilines is 1. The summed E-state index contributed by atoms with van der Waals surface area (Å²) in [5.74, 6) is -0.0580. The van der Waals surface area contributed by atoms with Crippen LogP contribution in [0.1, 0.15) is 30.0 Å². The van der Waals surface area contributed by atoms with Crippen molar-refractivity contribution in [1.82, 2.24) is 9.78 Å². The molecule has 0 bridgehead atoms. The van der Waals surface area contributed by atoms with Crippen molar-refractivity contribution < 1.29 is 4.79 Å². The highest BCUT2D eigenvalue weighted by Gasteiger charge is 2.27. The molecule has 110 valence electrons. The maximum atomic E-state index is 12.8. The molecule has 0 fully saturated rings. The fourth-order valence-corrected chi connectivity index (χ4v) is 2.83. The molecular weight excluding hydrogens is 264 g/mol. The van der Waals surface area contributed by atoms with Crippen LogP contribution in [0, 0.1) is 0 Å². The van der Waals surface area contributed by atoms with Crippen LogP contribution in [-0.4, -0.2) is 22.2 Å². The second kappa shape index (κ2) is 5.69. The van der Waals surface area contributed by atoms with Gasteiger partial charge in [-0.1, -0.05) is 18.2 Å². The molecule has 1 atom stereocenters. The largest absolute Gasteiger partial charge is 0.316 e. The van der Waals surface area contributed by atoms with Gasteiger partial charge in [0.05, 0.1) is 6.20 Å². The third-order valence-corrected chi connectivity index (χ3v) is 3.98. The third-order valence-electron chi connectivity index (χ3n) is 3.98. The number of fused-ring (bicyclic) bond motifs is 1. The number of aryl methyl sites for hydroxylation is 2. The Hall–Kier alpha value is -2.14. The maximum absolute atomic E-state index is 12.8. The van der Waals surface area contributed by atoms with Gasteiger partial charge >= 0.3 is 0 Å². The Bertz CT molecular complexity index is 649. The average Bonchev–Trinajstić information content (AvgIpc) is 2.82. The van der Waals surface area contributed by atoms with Crippen molar-refractivity contribution in [1.29, 1.82) is 0 Å². The number of aromatic nitrogens is 2. The first kappa shape index (κ1) is 13.8. The summed E-state index contributed by atoms with van der Waals surface area (Å²) in [6, 6.07) is 7.43. The van der Waals surface area contributed by atoms with E-state index in [1.54, 1.807) is 17.1 Å². The molecule has 1 aliphatic heterocycles. The molecule has 0 saturated carbocycles. The number of para-hydroxylation sites is 1. The highest BCUT2D eigenvalue weighted by molar-refractivity contribution is 5.98. The van der Waals surface area contributed by atoms with Gasteiger partial charge in [-0.2, -0.15) is 5.10 Å². The van der Waals surface area contributed by atoms with Crippen LogP contribution in [0.3, 0.4) is 0 Å². The van der Waals surface area contributed by atoms with E-state index in [-0.39, 0.29) is 5.91 Å². The van der Waals surface area contributed by atoms with Crippen LogP contribution in [0.15, 0.2) is 36.7 Å². The quantitative estimate of drug-likeness (QED) is 0.914. The Labute approximate surface area is 124 Å². The minimum Gasteiger partial charge on any atom is -0.316 e. The Morgan fingerprint density at radius 2 is 2.14 bits per heavy atom. The monoisotopic (exact) mass is 284 g/mol. The van der Waals surface area contributed by atoms with Crippen LogP contribution in [0.5, 0.6) is 0 Å². The van der Waals surface area contributed by atoms with E-state index < -0.39 is 6.04 Å². The van der Waals surface area contributed by atoms with Gasteiger partial charge in [0.1, 0.15) is 6.04 Å². The van der Waals surface area contributed by atoms with Crippen LogP contribution in [0.4, 0.5) is 5.69 Å². The summed E-state index contributed by atoms with van der Waals surface area (Å²) in [4.78, 5) is 14.6. The number of hydrogen-bond acceptors (Lipinski definition) is 3. The lowest BCUT2D eigenvalue weighted by Gasteiger charge is -2.25. The molecule has 0 saturated heterocycles. The lowest BCUT2D eigenvalue weighted by Crippen LogP contribution is -2.39. The molecule has 1 amide bonds. The minimum absolute atomic E-state index is 0.0580. The van der Waals surface area contributed by atoms with Gasteiger partial charge in [-0.25, -0.2) is 0 Å². The number of nitrogens with zero attached hydrogens (tertiary/aromatic N) is 3. The minimum atomic E-state index is -0.662. The number of carbonyl (C=O) groups is 1. The number of nitrogens with two attached hydrogens (primary N) is 1. The Morgan fingerprint density at radius 1 is 1.33 bits per heavy atom. The van der Waals surface area contributed by atoms with Gasteiger partial charge in [-0.3, -0.25) is 9.48 Å². The number of hydrogen-bond donors (Lipinski definition) is 1. The lowest BCUT2D eigenvalue weighted by atomic mass is 10.1. The fourth-order valence-electron chi connectivity index (χ4n) is 2.83. The smallest absolute Gasteiger partial charge is 0.248 e. The van der Waals surface area contributed by atoms with E-state index in [0.717, 1.165) is 37.1 Å². The van der Waals surface area contributed by atoms with Crippen molar-refractivity contribution in [3.8, 4) is 0 Å². The molecule has 5 heteroatoms. The van der Waals surface area contributed by atoms with Crippen LogP contribution >= 0.6 is 0 Å². The first-order chi connectivity index (χ1) is 10.2. The molecule has 5 nitrogen and oxygen atoms in total. The molecule has 0 spiro atoms. The summed E-state index contributed by atoms with van der Waals surface area (Å²) >= 11 is 0. The maximum Gasteiger partial charge on any atom is 0.248 e. The van der Waals surface area contributed by atoms with Crippen molar-refractivity contribution in [3.63, 3.8) is 0 Å². The molecule has 1 aromatic heterocycles. The van der Waals surface area contributed by atoms with Crippen LogP contribution < -0.4 is 10.6 Å². The zero-order chi connectivity index (χ0) is 14.8. The van der Waals surface area contributed by atoms with Crippen LogP contribution in [-0.2, 0) is 18.3 Å². The molecular formula is C16H20N4O. The third kappa shape index (κ3) is 2.69. The average molecular weight is 284 g/mol. The van der Waals surface area contributed by atoms with E-state index in [2.05, 4.69) is 11.2 Å². The lowest BCUT2D eigenvalue weighted by molar-refractivity contribution is -0.120. The second-order valence-corrected chi connectivity index (χ2v) is 5.50. The molecule has 21 heavy (non-hydrogen) atoms. The zero-order valence-corrected chi connectivity index (χ0v) is 12.2. The first-order valence-electron chi connectivity index (χ1n) is 7.30. The van der Waals surface area contributed by atoms with Gasteiger partial charge < -0.3 is 10.6 Å². The Morgan fingerprint density at radius 3 is 2.90 bits per heavy atom. The Kier molecular flexibility index (Phi) is 3.75. The van der Waals surface area contributed by atoms with Gasteiger partial charge in [0, 0.05) is 31.0 Å². The molecule has 2 heterocycles. The SMILES string of the molecule is Cn1cc(C(N)C(=O)N2CCCCc3ccccc32)cn1. The van der Waals surface area contributed by atoms with E-state index in [9.17, 15) is 4.79 Å². The van der Waals surface area contributed by atoms with Crippen molar-refractivity contribution in [2.24, 2.45) is 12.8 Å². The van der Waals surface area contributed by atoms with E-state index in [0.29, 0.717) is 0 Å². The number of carbonyl (C=O) groups excluding carboxylic acids is 1. The number of rotatable bonds is 2. The summed E-state index contributed by atoms with van der Waals surface area (Å²) in [7, 11) is 1.82. The van der Waals surface area contributed by atoms with Gasteiger partial charge in [0.2, 0.25) is 5.91 Å². The molecule has 1 aliphatic rings. The zero-order valence-electron chi connectivity index (χ0n) is 12.2. The number of amides is 1. The summed E-state index contributed by atoms with van der Waals surface area (Å²) in [6.45, 7) is 0.726. The van der Waals surface area contributed by atoms with Crippen LogP contribution in [0.25, 0.3) is 0 Å². The number of benzene rings is 1. The predicted molar refractivity (Wildman–Crippen MR) is 81.9 cm³/mol. The molecule has 0 aliphatic carbocycles. The highest BCUT2D eigenvalue weighted by Crippen LogP contribution is 2.28. The van der Waals surface area contributed by atoms with Gasteiger partial charge in [0.25, 0.3) is 0 Å². The standard InChI is InChI=1S/C16H20N4O/c1-19-11-13(10-18-19)15(17)16(21)20-9-5-4-7-12-6-2-3-8-14(12)20/h2-3,6,8,10-11,15H,4-5,7,9,17H2,1H3. The first-order valence-corrected chi connectivity index (χ1v) is 7.30. The molecule has 3 rings (SSSR count). The summed E-state index contributed by atoms with van der Waals surface area (Å²) in [5, 5.41) is 4.09.